The monoisotopic (exact) mass is 339 g/mol. The third-order valence-corrected chi connectivity index (χ3v) is 5.01. The fraction of sp³-hybridized carbons (Fsp3) is 0.176. The Hall–Kier alpha value is -2.80. The Morgan fingerprint density at radius 1 is 1.29 bits per heavy atom. The number of anilines is 1. The van der Waals surface area contributed by atoms with Crippen molar-refractivity contribution in [3.05, 3.63) is 46.9 Å². The standard InChI is InChI=1S/C17H13N3O3S/c1-9(21)14-15(10-4-5-24-7-10)20(17(23)16(14)22)11-2-3-12-13(6-11)19-8-18-12/h2-8,14-15H,1H3,(H,18,19). The second kappa shape index (κ2) is 5.38. The molecule has 2 unspecified atom stereocenters. The first-order valence-corrected chi connectivity index (χ1v) is 8.35. The van der Waals surface area contributed by atoms with Gasteiger partial charge in [-0.05, 0) is 47.5 Å². The number of hydrogen-bond donors (Lipinski definition) is 1. The largest absolute Gasteiger partial charge is 0.345 e. The number of imidazole rings is 1. The van der Waals surface area contributed by atoms with E-state index in [9.17, 15) is 14.4 Å². The van der Waals surface area contributed by atoms with Crippen LogP contribution in [0, 0.1) is 5.92 Å². The molecule has 3 heterocycles. The van der Waals surface area contributed by atoms with E-state index in [1.807, 2.05) is 16.8 Å². The molecule has 0 radical (unpaired) electrons. The van der Waals surface area contributed by atoms with Gasteiger partial charge in [0.25, 0.3) is 5.91 Å². The van der Waals surface area contributed by atoms with E-state index < -0.39 is 23.7 Å². The third-order valence-electron chi connectivity index (χ3n) is 4.31. The van der Waals surface area contributed by atoms with Crippen LogP contribution in [0.1, 0.15) is 18.5 Å². The quantitative estimate of drug-likeness (QED) is 0.587. The number of nitrogens with zero attached hydrogens (tertiary/aromatic N) is 2. The van der Waals surface area contributed by atoms with Crippen LogP contribution in [-0.4, -0.2) is 27.4 Å². The van der Waals surface area contributed by atoms with E-state index in [1.165, 1.54) is 23.2 Å². The Morgan fingerprint density at radius 2 is 2.12 bits per heavy atom. The van der Waals surface area contributed by atoms with Crippen LogP contribution in [0.5, 0.6) is 0 Å². The summed E-state index contributed by atoms with van der Waals surface area (Å²) < 4.78 is 0. The molecule has 2 atom stereocenters. The molecular formula is C17H13N3O3S. The van der Waals surface area contributed by atoms with Crippen molar-refractivity contribution < 1.29 is 14.4 Å². The Morgan fingerprint density at radius 3 is 2.83 bits per heavy atom. The van der Waals surface area contributed by atoms with Crippen LogP contribution < -0.4 is 4.90 Å². The van der Waals surface area contributed by atoms with E-state index in [1.54, 1.807) is 24.5 Å². The Kier molecular flexibility index (Phi) is 3.31. The maximum atomic E-state index is 12.6. The molecule has 0 spiro atoms. The number of H-pyrrole nitrogens is 1. The maximum absolute atomic E-state index is 12.6. The number of rotatable bonds is 3. The molecule has 24 heavy (non-hydrogen) atoms. The highest BCUT2D eigenvalue weighted by Crippen LogP contribution is 2.41. The van der Waals surface area contributed by atoms with Gasteiger partial charge in [0.05, 0.1) is 23.4 Å². The van der Waals surface area contributed by atoms with Gasteiger partial charge in [-0.15, -0.1) is 0 Å². The summed E-state index contributed by atoms with van der Waals surface area (Å²) in [5.41, 5.74) is 2.91. The highest BCUT2D eigenvalue weighted by molar-refractivity contribution is 7.08. The molecule has 1 aliphatic rings. The number of ketones is 2. The lowest BCUT2D eigenvalue weighted by Gasteiger charge is -2.26. The van der Waals surface area contributed by atoms with E-state index >= 15 is 0 Å². The molecule has 4 rings (SSSR count). The number of Topliss-reactive ketones (excluding diaryl/α,β-unsaturated/α-hetero) is 2. The molecule has 0 bridgehead atoms. The van der Waals surface area contributed by atoms with Gasteiger partial charge >= 0.3 is 0 Å². The number of carbonyl (C=O) groups is 3. The van der Waals surface area contributed by atoms with Gasteiger partial charge in [0.2, 0.25) is 5.78 Å². The number of amides is 1. The number of benzene rings is 1. The minimum absolute atomic E-state index is 0.297. The minimum atomic E-state index is -0.968. The Bertz CT molecular complexity index is 961. The van der Waals surface area contributed by atoms with Crippen molar-refractivity contribution in [3.8, 4) is 0 Å². The number of hydrogen-bond acceptors (Lipinski definition) is 5. The van der Waals surface area contributed by atoms with Crippen molar-refractivity contribution in [1.29, 1.82) is 0 Å². The van der Waals surface area contributed by atoms with Gasteiger partial charge in [0, 0.05) is 5.69 Å². The van der Waals surface area contributed by atoms with Gasteiger partial charge in [-0.2, -0.15) is 11.3 Å². The zero-order chi connectivity index (χ0) is 16.8. The van der Waals surface area contributed by atoms with Crippen LogP contribution in [-0.2, 0) is 14.4 Å². The van der Waals surface area contributed by atoms with Crippen molar-refractivity contribution >= 4 is 45.5 Å². The van der Waals surface area contributed by atoms with E-state index in [4.69, 9.17) is 0 Å². The van der Waals surface area contributed by atoms with Crippen molar-refractivity contribution in [2.45, 2.75) is 13.0 Å². The van der Waals surface area contributed by atoms with Crippen LogP contribution in [0.25, 0.3) is 11.0 Å². The second-order valence-corrected chi connectivity index (χ2v) is 6.51. The molecule has 1 aliphatic heterocycles. The van der Waals surface area contributed by atoms with Crippen LogP contribution in [0.3, 0.4) is 0 Å². The topological polar surface area (TPSA) is 83.1 Å². The fourth-order valence-corrected chi connectivity index (χ4v) is 3.90. The lowest BCUT2D eigenvalue weighted by atomic mass is 9.91. The van der Waals surface area contributed by atoms with E-state index in [0.29, 0.717) is 5.69 Å². The van der Waals surface area contributed by atoms with Crippen LogP contribution >= 0.6 is 11.3 Å². The van der Waals surface area contributed by atoms with Gasteiger partial charge < -0.3 is 4.98 Å². The summed E-state index contributed by atoms with van der Waals surface area (Å²) in [5, 5.41) is 3.74. The number of carbonyl (C=O) groups excluding carboxylic acids is 3. The van der Waals surface area contributed by atoms with Crippen LogP contribution in [0.15, 0.2) is 41.4 Å². The Labute approximate surface area is 141 Å². The SMILES string of the molecule is CC(=O)C1C(=O)C(=O)N(c2ccc3nc[nH]c3c2)C1c1ccsc1. The lowest BCUT2D eigenvalue weighted by Crippen LogP contribution is -2.29. The molecule has 6 nitrogen and oxygen atoms in total. The predicted octanol–water partition coefficient (Wildman–Crippen LogP) is 2.49. The average Bonchev–Trinajstić information content (AvgIpc) is 3.27. The van der Waals surface area contributed by atoms with E-state index in [2.05, 4.69) is 9.97 Å². The fourth-order valence-electron chi connectivity index (χ4n) is 3.21. The predicted molar refractivity (Wildman–Crippen MR) is 89.8 cm³/mol. The second-order valence-electron chi connectivity index (χ2n) is 5.73. The highest BCUT2D eigenvalue weighted by Gasteiger charge is 2.51. The molecule has 1 N–H and O–H groups in total. The average molecular weight is 339 g/mol. The van der Waals surface area contributed by atoms with Gasteiger partial charge in [-0.3, -0.25) is 19.3 Å². The first-order valence-electron chi connectivity index (χ1n) is 7.41. The number of fused-ring (bicyclic) bond motifs is 1. The molecule has 3 aromatic rings. The highest BCUT2D eigenvalue weighted by atomic mass is 32.1. The Balaban J connectivity index is 1.88. The minimum Gasteiger partial charge on any atom is -0.345 e. The molecule has 120 valence electrons. The lowest BCUT2D eigenvalue weighted by molar-refractivity contribution is -0.138. The maximum Gasteiger partial charge on any atom is 0.295 e. The number of nitrogens with one attached hydrogen (secondary N) is 1. The van der Waals surface area contributed by atoms with Crippen molar-refractivity contribution in [2.24, 2.45) is 5.92 Å². The molecule has 7 heteroatoms. The van der Waals surface area contributed by atoms with Crippen molar-refractivity contribution in [2.75, 3.05) is 4.90 Å². The molecule has 1 saturated heterocycles. The smallest absolute Gasteiger partial charge is 0.295 e. The molecule has 2 aromatic heterocycles. The first-order chi connectivity index (χ1) is 11.6. The molecule has 1 amide bonds. The molecular weight excluding hydrogens is 326 g/mol. The summed E-state index contributed by atoms with van der Waals surface area (Å²) in [6, 6.07) is 6.55. The third kappa shape index (κ3) is 2.09. The van der Waals surface area contributed by atoms with Gasteiger partial charge in [-0.1, -0.05) is 0 Å². The van der Waals surface area contributed by atoms with E-state index in [0.717, 1.165) is 16.6 Å². The molecule has 0 aliphatic carbocycles. The summed E-state index contributed by atoms with van der Waals surface area (Å²) in [6.07, 6.45) is 1.57. The van der Waals surface area contributed by atoms with Gasteiger partial charge in [-0.25, -0.2) is 4.98 Å². The summed E-state index contributed by atoms with van der Waals surface area (Å²) >= 11 is 1.47. The number of aromatic amines is 1. The molecule has 1 aromatic carbocycles. The van der Waals surface area contributed by atoms with Crippen LogP contribution in [0.2, 0.25) is 0 Å². The van der Waals surface area contributed by atoms with Gasteiger partial charge in [0.15, 0.2) is 0 Å². The molecule has 1 fully saturated rings. The molecule has 0 saturated carbocycles. The summed E-state index contributed by atoms with van der Waals surface area (Å²) in [4.78, 5) is 45.6. The summed E-state index contributed by atoms with van der Waals surface area (Å²) in [7, 11) is 0. The summed E-state index contributed by atoms with van der Waals surface area (Å²) in [5.74, 6) is -2.56. The van der Waals surface area contributed by atoms with Crippen molar-refractivity contribution in [3.63, 3.8) is 0 Å². The van der Waals surface area contributed by atoms with Gasteiger partial charge in [0.1, 0.15) is 11.7 Å². The zero-order valence-corrected chi connectivity index (χ0v) is 13.5. The first kappa shape index (κ1) is 14.8. The van der Waals surface area contributed by atoms with Crippen molar-refractivity contribution in [1.82, 2.24) is 9.97 Å². The van der Waals surface area contributed by atoms with Crippen LogP contribution in [0.4, 0.5) is 5.69 Å². The number of aromatic nitrogens is 2. The normalized spacial score (nSPS) is 21.0. The van der Waals surface area contributed by atoms with E-state index in [-0.39, 0.29) is 5.78 Å². The zero-order valence-electron chi connectivity index (χ0n) is 12.7. The summed E-state index contributed by atoms with van der Waals surface area (Å²) in [6.45, 7) is 1.36. The number of thiophene rings is 1.